The third kappa shape index (κ3) is 2.81. The quantitative estimate of drug-likeness (QED) is 0.534. The van der Waals surface area contributed by atoms with Gasteiger partial charge in [0.2, 0.25) is 0 Å². The van der Waals surface area contributed by atoms with Gasteiger partial charge in [0.1, 0.15) is 12.6 Å². The van der Waals surface area contributed by atoms with E-state index in [1.807, 2.05) is 0 Å². The molecule has 0 spiro atoms. The highest BCUT2D eigenvalue weighted by Gasteiger charge is 2.08. The van der Waals surface area contributed by atoms with Gasteiger partial charge in [-0.05, 0) is 0 Å². The summed E-state index contributed by atoms with van der Waals surface area (Å²) in [6.45, 7) is -0.512. The van der Waals surface area contributed by atoms with Gasteiger partial charge >= 0.3 is 6.09 Å². The molecule has 0 rings (SSSR count). The maximum absolute atomic E-state index is 10.1. The van der Waals surface area contributed by atoms with Crippen LogP contribution in [0.5, 0.6) is 0 Å². The van der Waals surface area contributed by atoms with E-state index < -0.39 is 6.09 Å². The van der Waals surface area contributed by atoms with Gasteiger partial charge in [0, 0.05) is 0 Å². The Balaban J connectivity index is 3.83. The van der Waals surface area contributed by atoms with Crippen LogP contribution in [0.4, 0.5) is 4.79 Å². The largest absolute Gasteiger partial charge is 0.465 e. The Hall–Kier alpha value is -1.39. The topological polar surface area (TPSA) is 74.7 Å². The molecule has 0 fully saturated rings. The van der Waals surface area contributed by atoms with Crippen molar-refractivity contribution >= 4 is 18.7 Å². The summed E-state index contributed by atoms with van der Waals surface area (Å²) in [7, 11) is 0. The number of carbonyl (C=O) groups is 3. The lowest BCUT2D eigenvalue weighted by Crippen LogP contribution is -2.32. The fourth-order valence-electron chi connectivity index (χ4n) is 0.411. The molecule has 0 bridgehead atoms. The molecular formula is C5H7NO4. The van der Waals surface area contributed by atoms with E-state index in [2.05, 4.69) is 0 Å². The van der Waals surface area contributed by atoms with Crippen molar-refractivity contribution in [1.82, 2.24) is 4.90 Å². The van der Waals surface area contributed by atoms with E-state index in [0.717, 1.165) is 0 Å². The minimum Gasteiger partial charge on any atom is -0.465 e. The molecule has 0 radical (unpaired) electrons. The minimum atomic E-state index is -1.26. The van der Waals surface area contributed by atoms with Gasteiger partial charge in [-0.3, -0.25) is 4.90 Å². The van der Waals surface area contributed by atoms with Gasteiger partial charge in [-0.15, -0.1) is 0 Å². The van der Waals surface area contributed by atoms with Crippen LogP contribution in [0.25, 0.3) is 0 Å². The summed E-state index contributed by atoms with van der Waals surface area (Å²) >= 11 is 0. The number of nitrogens with zero attached hydrogens (tertiary/aromatic N) is 1. The molecule has 0 aromatic carbocycles. The standard InChI is InChI=1S/C5H7NO4/c7-3-1-6(2-4-8)5(9)10/h3-4H,1-2H2,(H,9,10). The monoisotopic (exact) mass is 145 g/mol. The normalized spacial score (nSPS) is 8.40. The van der Waals surface area contributed by atoms with Gasteiger partial charge in [-0.25, -0.2) is 4.79 Å². The fourth-order valence-corrected chi connectivity index (χ4v) is 0.411. The van der Waals surface area contributed by atoms with Crippen molar-refractivity contribution < 1.29 is 19.5 Å². The Morgan fingerprint density at radius 1 is 1.30 bits per heavy atom. The molecule has 56 valence electrons. The molecule has 1 N–H and O–H groups in total. The molecule has 0 saturated carbocycles. The summed E-state index contributed by atoms with van der Waals surface area (Å²) in [5.41, 5.74) is 0. The van der Waals surface area contributed by atoms with Crippen molar-refractivity contribution in [1.29, 1.82) is 0 Å². The molecule has 0 aromatic heterocycles. The summed E-state index contributed by atoms with van der Waals surface area (Å²) in [5.74, 6) is 0. The molecule has 1 amide bonds. The zero-order chi connectivity index (χ0) is 7.98. The van der Waals surface area contributed by atoms with E-state index in [0.29, 0.717) is 17.5 Å². The fraction of sp³-hybridized carbons (Fsp3) is 0.400. The Bertz CT molecular complexity index is 135. The van der Waals surface area contributed by atoms with Crippen LogP contribution in [-0.2, 0) is 9.59 Å². The lowest BCUT2D eigenvalue weighted by atomic mass is 10.5. The minimum absolute atomic E-state index is 0.256. The first-order chi connectivity index (χ1) is 4.72. The second-order valence-corrected chi connectivity index (χ2v) is 1.52. The third-order valence-corrected chi connectivity index (χ3v) is 0.860. The highest BCUT2D eigenvalue weighted by molar-refractivity contribution is 5.72. The molecule has 0 saturated heterocycles. The number of rotatable bonds is 4. The molecule has 5 nitrogen and oxygen atoms in total. The Labute approximate surface area is 57.2 Å². The van der Waals surface area contributed by atoms with Crippen LogP contribution in [0.2, 0.25) is 0 Å². The predicted molar refractivity (Wildman–Crippen MR) is 31.7 cm³/mol. The average molecular weight is 145 g/mol. The summed E-state index contributed by atoms with van der Waals surface area (Å²) < 4.78 is 0. The zero-order valence-electron chi connectivity index (χ0n) is 5.19. The molecule has 10 heavy (non-hydrogen) atoms. The van der Waals surface area contributed by atoms with Gasteiger partial charge < -0.3 is 14.7 Å². The van der Waals surface area contributed by atoms with Crippen molar-refractivity contribution in [2.75, 3.05) is 13.1 Å². The lowest BCUT2D eigenvalue weighted by molar-refractivity contribution is -0.110. The van der Waals surface area contributed by atoms with Crippen molar-refractivity contribution in [3.8, 4) is 0 Å². The van der Waals surface area contributed by atoms with Crippen molar-refractivity contribution in [2.45, 2.75) is 0 Å². The molecule has 0 aliphatic rings. The summed E-state index contributed by atoms with van der Waals surface area (Å²) in [6, 6.07) is 0. The molecule has 5 heteroatoms. The zero-order valence-corrected chi connectivity index (χ0v) is 5.19. The van der Waals surface area contributed by atoms with Crippen molar-refractivity contribution in [3.05, 3.63) is 0 Å². The first kappa shape index (κ1) is 8.61. The molecule has 0 unspecified atom stereocenters. The van der Waals surface area contributed by atoms with E-state index in [1.165, 1.54) is 0 Å². The van der Waals surface area contributed by atoms with E-state index in [-0.39, 0.29) is 13.1 Å². The summed E-state index contributed by atoms with van der Waals surface area (Å²) in [4.78, 5) is 30.3. The first-order valence-corrected chi connectivity index (χ1v) is 2.57. The van der Waals surface area contributed by atoms with Crippen molar-refractivity contribution in [2.24, 2.45) is 0 Å². The lowest BCUT2D eigenvalue weighted by Gasteiger charge is -2.10. The third-order valence-electron chi connectivity index (χ3n) is 0.860. The Morgan fingerprint density at radius 2 is 1.70 bits per heavy atom. The van der Waals surface area contributed by atoms with Crippen LogP contribution in [0, 0.1) is 0 Å². The van der Waals surface area contributed by atoms with Crippen LogP contribution in [0.1, 0.15) is 0 Å². The molecule has 0 atom stereocenters. The predicted octanol–water partition coefficient (Wildman–Crippen LogP) is -0.636. The van der Waals surface area contributed by atoms with Crippen LogP contribution in [0.15, 0.2) is 0 Å². The summed E-state index contributed by atoms with van der Waals surface area (Å²) in [5, 5.41) is 8.24. The van der Waals surface area contributed by atoms with Gasteiger partial charge in [0.05, 0.1) is 13.1 Å². The second-order valence-electron chi connectivity index (χ2n) is 1.52. The number of aldehydes is 2. The molecule has 0 heterocycles. The van der Waals surface area contributed by atoms with E-state index >= 15 is 0 Å². The second kappa shape index (κ2) is 4.49. The number of hydrogen-bond donors (Lipinski definition) is 1. The van der Waals surface area contributed by atoms with E-state index in [4.69, 9.17) is 5.11 Å². The SMILES string of the molecule is O=CCN(CC=O)C(=O)O. The van der Waals surface area contributed by atoms with Crippen LogP contribution >= 0.6 is 0 Å². The number of carboxylic acid groups (broad SMARTS) is 1. The van der Waals surface area contributed by atoms with Crippen LogP contribution in [0.3, 0.4) is 0 Å². The maximum Gasteiger partial charge on any atom is 0.408 e. The van der Waals surface area contributed by atoms with Gasteiger partial charge in [0.25, 0.3) is 0 Å². The van der Waals surface area contributed by atoms with Crippen LogP contribution < -0.4 is 0 Å². The van der Waals surface area contributed by atoms with Crippen LogP contribution in [-0.4, -0.2) is 41.8 Å². The molecular weight excluding hydrogens is 138 g/mol. The molecule has 0 aromatic rings. The van der Waals surface area contributed by atoms with E-state index in [1.54, 1.807) is 0 Å². The number of amides is 1. The number of hydrogen-bond acceptors (Lipinski definition) is 3. The highest BCUT2D eigenvalue weighted by atomic mass is 16.4. The Morgan fingerprint density at radius 3 is 1.90 bits per heavy atom. The average Bonchev–Trinajstić information content (AvgIpc) is 1.87. The van der Waals surface area contributed by atoms with Gasteiger partial charge in [0.15, 0.2) is 0 Å². The molecule has 0 aliphatic heterocycles. The Kier molecular flexibility index (Phi) is 3.86. The molecule has 0 aliphatic carbocycles. The number of carbonyl (C=O) groups excluding carboxylic acids is 2. The summed E-state index contributed by atoms with van der Waals surface area (Å²) in [6.07, 6.45) is -0.408. The first-order valence-electron chi connectivity index (χ1n) is 2.57. The van der Waals surface area contributed by atoms with Gasteiger partial charge in [-0.2, -0.15) is 0 Å². The maximum atomic E-state index is 10.1. The van der Waals surface area contributed by atoms with Gasteiger partial charge in [-0.1, -0.05) is 0 Å². The van der Waals surface area contributed by atoms with E-state index in [9.17, 15) is 14.4 Å². The highest BCUT2D eigenvalue weighted by Crippen LogP contribution is 1.83. The smallest absolute Gasteiger partial charge is 0.408 e. The van der Waals surface area contributed by atoms with Crippen molar-refractivity contribution in [3.63, 3.8) is 0 Å².